The average Bonchev–Trinajstić information content (AvgIpc) is 2.54. The number of benzene rings is 1. The summed E-state index contributed by atoms with van der Waals surface area (Å²) in [4.78, 5) is 12.3. The summed E-state index contributed by atoms with van der Waals surface area (Å²) in [5.41, 5.74) is 0.889. The van der Waals surface area contributed by atoms with Gasteiger partial charge in [0, 0.05) is 18.7 Å². The molecule has 0 aliphatic carbocycles. The molecule has 1 aliphatic rings. The van der Waals surface area contributed by atoms with Gasteiger partial charge in [-0.25, -0.2) is 0 Å². The Morgan fingerprint density at radius 3 is 2.57 bits per heavy atom. The molecule has 2 N–H and O–H groups in total. The Labute approximate surface area is 145 Å². The Kier molecular flexibility index (Phi) is 7.86. The first kappa shape index (κ1) is 19.8. The van der Waals surface area contributed by atoms with Crippen LogP contribution in [0.25, 0.3) is 0 Å². The smallest absolute Gasteiger partial charge is 0.251 e. The second-order valence-corrected chi connectivity index (χ2v) is 6.51. The van der Waals surface area contributed by atoms with Crippen molar-refractivity contribution in [3.05, 3.63) is 29.8 Å². The minimum atomic E-state index is -0.00510. The van der Waals surface area contributed by atoms with E-state index in [1.165, 1.54) is 12.8 Å². The fraction of sp³-hybridized carbons (Fsp3) is 0.611. The molecule has 1 aromatic carbocycles. The number of nitrogens with one attached hydrogen (secondary N) is 2. The zero-order valence-corrected chi connectivity index (χ0v) is 15.2. The van der Waals surface area contributed by atoms with E-state index in [9.17, 15) is 4.79 Å². The van der Waals surface area contributed by atoms with Crippen molar-refractivity contribution in [1.82, 2.24) is 10.6 Å². The van der Waals surface area contributed by atoms with E-state index in [1.807, 2.05) is 38.1 Å². The van der Waals surface area contributed by atoms with E-state index in [0.29, 0.717) is 5.56 Å². The number of hydrogen-bond acceptors (Lipinski definition) is 3. The summed E-state index contributed by atoms with van der Waals surface area (Å²) in [6, 6.07) is 7.36. The van der Waals surface area contributed by atoms with E-state index >= 15 is 0 Å². The van der Waals surface area contributed by atoms with Gasteiger partial charge in [-0.3, -0.25) is 4.79 Å². The third-order valence-corrected chi connectivity index (χ3v) is 4.42. The van der Waals surface area contributed by atoms with E-state index in [4.69, 9.17) is 4.74 Å². The molecular formula is C18H29ClN2O2. The van der Waals surface area contributed by atoms with Crippen LogP contribution in [0.15, 0.2) is 24.3 Å². The molecule has 0 saturated carbocycles. The molecule has 1 aromatic rings. The summed E-state index contributed by atoms with van der Waals surface area (Å²) in [5.74, 6) is 0.794. The molecule has 4 nitrogen and oxygen atoms in total. The SMILES string of the molecule is CCC1(CNC(=O)c2ccc(OC(C)C)cc2)CCCNC1.Cl. The number of rotatable bonds is 6. The summed E-state index contributed by atoms with van der Waals surface area (Å²) in [7, 11) is 0. The lowest BCUT2D eigenvalue weighted by molar-refractivity contribution is 0.0914. The Bertz CT molecular complexity index is 482. The van der Waals surface area contributed by atoms with Gasteiger partial charge >= 0.3 is 0 Å². The average molecular weight is 341 g/mol. The van der Waals surface area contributed by atoms with Crippen molar-refractivity contribution >= 4 is 18.3 Å². The molecule has 1 aliphatic heterocycles. The minimum Gasteiger partial charge on any atom is -0.491 e. The minimum absolute atomic E-state index is 0. The van der Waals surface area contributed by atoms with Gasteiger partial charge in [0.05, 0.1) is 6.10 Å². The first-order valence-corrected chi connectivity index (χ1v) is 8.30. The number of carbonyl (C=O) groups is 1. The van der Waals surface area contributed by atoms with Crippen LogP contribution >= 0.6 is 12.4 Å². The molecule has 5 heteroatoms. The van der Waals surface area contributed by atoms with Crippen LogP contribution < -0.4 is 15.4 Å². The normalized spacial score (nSPS) is 20.7. The number of ether oxygens (including phenoxy) is 1. The van der Waals surface area contributed by atoms with Gasteiger partial charge in [-0.15, -0.1) is 12.4 Å². The van der Waals surface area contributed by atoms with Crippen molar-refractivity contribution < 1.29 is 9.53 Å². The fourth-order valence-electron chi connectivity index (χ4n) is 2.93. The summed E-state index contributed by atoms with van der Waals surface area (Å²) in [6.07, 6.45) is 3.59. The molecule has 0 aromatic heterocycles. The van der Waals surface area contributed by atoms with Crippen LogP contribution in [0.4, 0.5) is 0 Å². The quantitative estimate of drug-likeness (QED) is 0.834. The maximum atomic E-state index is 12.3. The van der Waals surface area contributed by atoms with Crippen molar-refractivity contribution in [2.24, 2.45) is 5.41 Å². The lowest BCUT2D eigenvalue weighted by atomic mass is 9.78. The van der Waals surface area contributed by atoms with Gasteiger partial charge in [-0.1, -0.05) is 6.92 Å². The van der Waals surface area contributed by atoms with Crippen LogP contribution in [0.3, 0.4) is 0 Å². The molecule has 1 heterocycles. The highest BCUT2D eigenvalue weighted by Gasteiger charge is 2.30. The fourth-order valence-corrected chi connectivity index (χ4v) is 2.93. The van der Waals surface area contributed by atoms with Crippen molar-refractivity contribution in [3.63, 3.8) is 0 Å². The number of carbonyl (C=O) groups excluding carboxylic acids is 1. The highest BCUT2D eigenvalue weighted by atomic mass is 35.5. The van der Waals surface area contributed by atoms with Gasteiger partial charge in [0.1, 0.15) is 5.75 Å². The van der Waals surface area contributed by atoms with E-state index in [2.05, 4.69) is 17.6 Å². The highest BCUT2D eigenvalue weighted by Crippen LogP contribution is 2.29. The maximum absolute atomic E-state index is 12.3. The standard InChI is InChI=1S/C18H28N2O2.ClH/c1-4-18(10-5-11-19-12-18)13-20-17(21)15-6-8-16(9-7-15)22-14(2)3;/h6-9,14,19H,4-5,10-13H2,1-3H3,(H,20,21);1H. The van der Waals surface area contributed by atoms with Gasteiger partial charge < -0.3 is 15.4 Å². The predicted molar refractivity (Wildman–Crippen MR) is 96.6 cm³/mol. The second kappa shape index (κ2) is 9.14. The molecule has 1 atom stereocenters. The van der Waals surface area contributed by atoms with E-state index < -0.39 is 0 Å². The molecule has 1 amide bonds. The Balaban J connectivity index is 0.00000264. The van der Waals surface area contributed by atoms with Gasteiger partial charge in [-0.05, 0) is 69.3 Å². The lowest BCUT2D eigenvalue weighted by Crippen LogP contribution is -2.47. The van der Waals surface area contributed by atoms with Crippen molar-refractivity contribution in [3.8, 4) is 5.75 Å². The zero-order chi connectivity index (χ0) is 16.0. The summed E-state index contributed by atoms with van der Waals surface area (Å²) in [5, 5.41) is 6.55. The molecule has 0 spiro atoms. The van der Waals surface area contributed by atoms with Crippen molar-refractivity contribution in [2.75, 3.05) is 19.6 Å². The number of amides is 1. The third-order valence-electron chi connectivity index (χ3n) is 4.42. The predicted octanol–water partition coefficient (Wildman–Crippen LogP) is 3.41. The number of halogens is 1. The van der Waals surface area contributed by atoms with Crippen LogP contribution in [0.1, 0.15) is 50.4 Å². The first-order valence-electron chi connectivity index (χ1n) is 8.30. The molecular weight excluding hydrogens is 312 g/mol. The van der Waals surface area contributed by atoms with E-state index in [0.717, 1.165) is 31.8 Å². The van der Waals surface area contributed by atoms with Crippen LogP contribution in [-0.4, -0.2) is 31.6 Å². The summed E-state index contributed by atoms with van der Waals surface area (Å²) in [6.45, 7) is 9.00. The third kappa shape index (κ3) is 5.70. The van der Waals surface area contributed by atoms with Crippen LogP contribution in [0.5, 0.6) is 5.75 Å². The summed E-state index contributed by atoms with van der Waals surface area (Å²) >= 11 is 0. The van der Waals surface area contributed by atoms with Gasteiger partial charge in [0.15, 0.2) is 0 Å². The molecule has 0 radical (unpaired) electrons. The Morgan fingerprint density at radius 1 is 1.35 bits per heavy atom. The molecule has 2 rings (SSSR count). The van der Waals surface area contributed by atoms with Crippen molar-refractivity contribution in [2.45, 2.75) is 46.1 Å². The molecule has 23 heavy (non-hydrogen) atoms. The van der Waals surface area contributed by atoms with Gasteiger partial charge in [0.2, 0.25) is 0 Å². The first-order chi connectivity index (χ1) is 10.5. The monoisotopic (exact) mass is 340 g/mol. The van der Waals surface area contributed by atoms with Crippen molar-refractivity contribution in [1.29, 1.82) is 0 Å². The maximum Gasteiger partial charge on any atom is 0.251 e. The van der Waals surface area contributed by atoms with E-state index in [-0.39, 0.29) is 29.8 Å². The summed E-state index contributed by atoms with van der Waals surface area (Å²) < 4.78 is 5.60. The van der Waals surface area contributed by atoms with Crippen LogP contribution in [0.2, 0.25) is 0 Å². The van der Waals surface area contributed by atoms with Crippen LogP contribution in [0, 0.1) is 5.41 Å². The van der Waals surface area contributed by atoms with E-state index in [1.54, 1.807) is 0 Å². The van der Waals surface area contributed by atoms with Gasteiger partial charge in [0.25, 0.3) is 5.91 Å². The zero-order valence-electron chi connectivity index (χ0n) is 14.4. The molecule has 1 saturated heterocycles. The Morgan fingerprint density at radius 2 is 2.04 bits per heavy atom. The lowest BCUT2D eigenvalue weighted by Gasteiger charge is -2.37. The van der Waals surface area contributed by atoms with Crippen LogP contribution in [-0.2, 0) is 0 Å². The molecule has 1 unspecified atom stereocenters. The number of hydrogen-bond donors (Lipinski definition) is 2. The highest BCUT2D eigenvalue weighted by molar-refractivity contribution is 5.94. The molecule has 0 bridgehead atoms. The molecule has 130 valence electrons. The Hall–Kier alpha value is -1.26. The second-order valence-electron chi connectivity index (χ2n) is 6.51. The topological polar surface area (TPSA) is 50.4 Å². The van der Waals surface area contributed by atoms with Gasteiger partial charge in [-0.2, -0.15) is 0 Å². The number of piperidine rings is 1. The largest absolute Gasteiger partial charge is 0.491 e. The molecule has 1 fully saturated rings.